The van der Waals surface area contributed by atoms with Crippen LogP contribution >= 0.6 is 11.3 Å². The lowest BCUT2D eigenvalue weighted by molar-refractivity contribution is -0.115. The highest BCUT2D eigenvalue weighted by atomic mass is 32.1. The van der Waals surface area contributed by atoms with E-state index in [2.05, 4.69) is 21.3 Å². The number of amides is 1. The van der Waals surface area contributed by atoms with Gasteiger partial charge in [0.05, 0.1) is 23.5 Å². The Hall–Kier alpha value is -2.86. The first kappa shape index (κ1) is 20.4. The number of thiazole rings is 1. The zero-order chi connectivity index (χ0) is 20.8. The van der Waals surface area contributed by atoms with E-state index in [0.717, 1.165) is 40.9 Å². The van der Waals surface area contributed by atoms with Gasteiger partial charge in [-0.15, -0.1) is 11.3 Å². The summed E-state index contributed by atoms with van der Waals surface area (Å²) >= 11 is 1.52. The van der Waals surface area contributed by atoms with Crippen LogP contribution in [0.3, 0.4) is 0 Å². The summed E-state index contributed by atoms with van der Waals surface area (Å²) < 4.78 is 5.79. The Balaban J connectivity index is 1.33. The van der Waals surface area contributed by atoms with E-state index < -0.39 is 0 Å². The predicted octanol–water partition coefficient (Wildman–Crippen LogP) is 5.20. The maximum absolute atomic E-state index is 12.6. The molecule has 1 aromatic heterocycles. The fourth-order valence-corrected chi connectivity index (χ4v) is 4.33. The molecule has 0 aliphatic carbocycles. The molecular formula is C24H27N3O2S. The van der Waals surface area contributed by atoms with Crippen molar-refractivity contribution in [3.8, 4) is 5.75 Å². The zero-order valence-corrected chi connectivity index (χ0v) is 18.1. The van der Waals surface area contributed by atoms with E-state index in [-0.39, 0.29) is 12.3 Å². The van der Waals surface area contributed by atoms with Crippen molar-refractivity contribution in [3.63, 3.8) is 0 Å². The summed E-state index contributed by atoms with van der Waals surface area (Å²) in [6.45, 7) is 4.55. The first-order chi connectivity index (χ1) is 14.7. The van der Waals surface area contributed by atoms with Crippen LogP contribution in [-0.2, 0) is 17.8 Å². The van der Waals surface area contributed by atoms with Crippen LogP contribution in [0.2, 0.25) is 0 Å². The Morgan fingerprint density at radius 3 is 2.67 bits per heavy atom. The molecule has 1 aliphatic heterocycles. The van der Waals surface area contributed by atoms with Crippen molar-refractivity contribution in [1.82, 2.24) is 4.98 Å². The van der Waals surface area contributed by atoms with Gasteiger partial charge in [-0.25, -0.2) is 4.98 Å². The van der Waals surface area contributed by atoms with Crippen LogP contribution in [-0.4, -0.2) is 24.0 Å². The van der Waals surface area contributed by atoms with E-state index in [1.54, 1.807) is 0 Å². The molecule has 0 spiro atoms. The lowest BCUT2D eigenvalue weighted by Gasteiger charge is -2.30. The number of benzene rings is 2. The molecule has 0 radical (unpaired) electrons. The molecule has 5 nitrogen and oxygen atoms in total. The van der Waals surface area contributed by atoms with Gasteiger partial charge in [-0.1, -0.05) is 29.8 Å². The molecule has 1 amide bonds. The number of aromatic nitrogens is 1. The summed E-state index contributed by atoms with van der Waals surface area (Å²) in [6.07, 6.45) is 3.95. The Labute approximate surface area is 181 Å². The maximum Gasteiger partial charge on any atom is 0.230 e. The Kier molecular flexibility index (Phi) is 6.64. The van der Waals surface area contributed by atoms with Gasteiger partial charge in [0.2, 0.25) is 5.91 Å². The third-order valence-electron chi connectivity index (χ3n) is 5.20. The number of hydrogen-bond donors (Lipinski definition) is 1. The highest BCUT2D eigenvalue weighted by Crippen LogP contribution is 2.28. The summed E-state index contributed by atoms with van der Waals surface area (Å²) in [7, 11) is 0. The molecule has 156 valence electrons. The van der Waals surface area contributed by atoms with Crippen molar-refractivity contribution in [2.45, 2.75) is 39.2 Å². The SMILES string of the molecule is Cc1ccc(OCc2nc(CC(=O)Nc3ccccc3N3CCCCC3)cs2)cc1. The van der Waals surface area contributed by atoms with Crippen LogP contribution < -0.4 is 15.0 Å². The van der Waals surface area contributed by atoms with Crippen molar-refractivity contribution in [2.24, 2.45) is 0 Å². The largest absolute Gasteiger partial charge is 0.486 e. The van der Waals surface area contributed by atoms with E-state index in [4.69, 9.17) is 4.74 Å². The Bertz CT molecular complexity index is 978. The summed E-state index contributed by atoms with van der Waals surface area (Å²) in [6, 6.07) is 16.0. The fourth-order valence-electron chi connectivity index (χ4n) is 3.62. The minimum absolute atomic E-state index is 0.0456. The van der Waals surface area contributed by atoms with Crippen LogP contribution in [0.1, 0.15) is 35.5 Å². The molecule has 0 bridgehead atoms. The highest BCUT2D eigenvalue weighted by molar-refractivity contribution is 7.09. The van der Waals surface area contributed by atoms with Gasteiger partial charge in [0, 0.05) is 18.5 Å². The van der Waals surface area contributed by atoms with Crippen LogP contribution in [0.4, 0.5) is 11.4 Å². The van der Waals surface area contributed by atoms with Gasteiger partial charge in [-0.2, -0.15) is 0 Å². The smallest absolute Gasteiger partial charge is 0.230 e. The molecule has 2 aromatic carbocycles. The number of carbonyl (C=O) groups is 1. The topological polar surface area (TPSA) is 54.5 Å². The third-order valence-corrected chi connectivity index (χ3v) is 6.07. The lowest BCUT2D eigenvalue weighted by atomic mass is 10.1. The van der Waals surface area contributed by atoms with Crippen molar-refractivity contribution >= 4 is 28.6 Å². The summed E-state index contributed by atoms with van der Waals surface area (Å²) in [5.41, 5.74) is 3.96. The van der Waals surface area contributed by atoms with Gasteiger partial charge in [0.1, 0.15) is 17.4 Å². The first-order valence-corrected chi connectivity index (χ1v) is 11.3. The van der Waals surface area contributed by atoms with E-state index >= 15 is 0 Å². The number of hydrogen-bond acceptors (Lipinski definition) is 5. The zero-order valence-electron chi connectivity index (χ0n) is 17.3. The molecule has 30 heavy (non-hydrogen) atoms. The molecule has 1 aliphatic rings. The second-order valence-electron chi connectivity index (χ2n) is 7.62. The molecule has 2 heterocycles. The first-order valence-electron chi connectivity index (χ1n) is 10.4. The van der Waals surface area contributed by atoms with Gasteiger partial charge >= 0.3 is 0 Å². The number of nitrogens with one attached hydrogen (secondary N) is 1. The minimum atomic E-state index is -0.0456. The standard InChI is InChI=1S/C24H27N3O2S/c1-18-9-11-20(12-10-18)29-16-24-25-19(17-30-24)15-23(28)26-21-7-3-4-8-22(21)27-13-5-2-6-14-27/h3-4,7-12,17H,2,5-6,13-16H2,1H3,(H,26,28). The molecule has 1 N–H and O–H groups in total. The average Bonchev–Trinajstić information content (AvgIpc) is 3.21. The molecule has 0 saturated carbocycles. The van der Waals surface area contributed by atoms with E-state index in [9.17, 15) is 4.79 Å². The van der Waals surface area contributed by atoms with E-state index in [1.165, 1.54) is 36.2 Å². The summed E-state index contributed by atoms with van der Waals surface area (Å²) in [5, 5.41) is 5.88. The predicted molar refractivity (Wildman–Crippen MR) is 122 cm³/mol. The van der Waals surface area contributed by atoms with Gasteiger partial charge in [0.15, 0.2) is 0 Å². The fraction of sp³-hybridized carbons (Fsp3) is 0.333. The van der Waals surface area contributed by atoms with E-state index in [1.807, 2.05) is 54.8 Å². The van der Waals surface area contributed by atoms with Crippen molar-refractivity contribution in [1.29, 1.82) is 0 Å². The monoisotopic (exact) mass is 421 g/mol. The van der Waals surface area contributed by atoms with Gasteiger partial charge in [-0.05, 0) is 50.5 Å². The normalized spacial score (nSPS) is 13.8. The number of ether oxygens (including phenoxy) is 1. The van der Waals surface area contributed by atoms with Crippen LogP contribution in [0.15, 0.2) is 53.9 Å². The molecule has 1 fully saturated rings. The molecule has 1 saturated heterocycles. The molecule has 0 atom stereocenters. The van der Waals surface area contributed by atoms with Crippen molar-refractivity contribution in [2.75, 3.05) is 23.3 Å². The van der Waals surface area contributed by atoms with Crippen molar-refractivity contribution in [3.05, 3.63) is 70.2 Å². The number of anilines is 2. The summed E-state index contributed by atoms with van der Waals surface area (Å²) in [5.74, 6) is 0.778. The third kappa shape index (κ3) is 5.39. The highest BCUT2D eigenvalue weighted by Gasteiger charge is 2.16. The minimum Gasteiger partial charge on any atom is -0.486 e. The molecule has 3 aromatic rings. The van der Waals surface area contributed by atoms with Gasteiger partial charge < -0.3 is 15.0 Å². The second kappa shape index (κ2) is 9.76. The number of piperidine rings is 1. The number of nitrogens with zero attached hydrogens (tertiary/aromatic N) is 2. The number of rotatable bonds is 7. The average molecular weight is 422 g/mol. The molecule has 6 heteroatoms. The molecule has 4 rings (SSSR count). The molecule has 0 unspecified atom stereocenters. The second-order valence-corrected chi connectivity index (χ2v) is 8.57. The number of aryl methyl sites for hydroxylation is 1. The Morgan fingerprint density at radius 1 is 1.10 bits per heavy atom. The van der Waals surface area contributed by atoms with E-state index in [0.29, 0.717) is 6.61 Å². The lowest BCUT2D eigenvalue weighted by Crippen LogP contribution is -2.30. The van der Waals surface area contributed by atoms with Crippen LogP contribution in [0.25, 0.3) is 0 Å². The van der Waals surface area contributed by atoms with Crippen LogP contribution in [0.5, 0.6) is 5.75 Å². The quantitative estimate of drug-likeness (QED) is 0.570. The Morgan fingerprint density at radius 2 is 1.87 bits per heavy atom. The maximum atomic E-state index is 12.6. The summed E-state index contributed by atoms with van der Waals surface area (Å²) in [4.78, 5) is 19.6. The van der Waals surface area contributed by atoms with Gasteiger partial charge in [0.25, 0.3) is 0 Å². The van der Waals surface area contributed by atoms with Crippen LogP contribution in [0, 0.1) is 6.92 Å². The molecular weight excluding hydrogens is 394 g/mol. The number of carbonyl (C=O) groups excluding carboxylic acids is 1. The number of para-hydroxylation sites is 2. The van der Waals surface area contributed by atoms with Crippen molar-refractivity contribution < 1.29 is 9.53 Å². The van der Waals surface area contributed by atoms with Gasteiger partial charge in [-0.3, -0.25) is 4.79 Å².